The summed E-state index contributed by atoms with van der Waals surface area (Å²) >= 11 is 0. The van der Waals surface area contributed by atoms with Crippen molar-refractivity contribution in [3.8, 4) is 22.8 Å². The zero-order valence-electron chi connectivity index (χ0n) is 20.5. The van der Waals surface area contributed by atoms with Crippen molar-refractivity contribution < 1.29 is 13.9 Å². The number of ether oxygens (including phenoxy) is 1. The molecule has 0 bridgehead atoms. The van der Waals surface area contributed by atoms with E-state index in [1.807, 2.05) is 24.3 Å². The Bertz CT molecular complexity index is 2490. The fourth-order valence-corrected chi connectivity index (χ4v) is 7.66. The number of benzene rings is 4. The monoisotopic (exact) mass is 499 g/mol. The van der Waals surface area contributed by atoms with Crippen molar-refractivity contribution >= 4 is 49.7 Å². The van der Waals surface area contributed by atoms with Crippen molar-refractivity contribution in [1.82, 2.24) is 14.4 Å². The van der Waals surface area contributed by atoms with Crippen LogP contribution >= 0.6 is 0 Å². The Morgan fingerprint density at radius 3 is 2.49 bits per heavy atom. The largest absolute Gasteiger partial charge is 0.456 e. The number of para-hydroxylation sites is 4. The molecule has 3 aliphatic rings. The summed E-state index contributed by atoms with van der Waals surface area (Å²) in [6, 6.07) is 34.0. The van der Waals surface area contributed by atoms with E-state index in [0.717, 1.165) is 55.8 Å². The van der Waals surface area contributed by atoms with E-state index in [4.69, 9.17) is 14.7 Å². The third kappa shape index (κ3) is 1.80. The van der Waals surface area contributed by atoms with Gasteiger partial charge in [-0.2, -0.15) is 4.40 Å². The lowest BCUT2D eigenvalue weighted by atomic mass is 9.86. The maximum absolute atomic E-state index is 6.70. The van der Waals surface area contributed by atoms with Gasteiger partial charge >= 0.3 is 11.3 Å². The van der Waals surface area contributed by atoms with Crippen LogP contribution in [0.4, 0.5) is 0 Å². The number of imidazole rings is 1. The Balaban J connectivity index is 1.52. The third-order valence-electron chi connectivity index (χ3n) is 8.95. The second-order valence-electron chi connectivity index (χ2n) is 10.6. The first-order chi connectivity index (χ1) is 19.4. The van der Waals surface area contributed by atoms with Crippen LogP contribution < -0.4 is 13.9 Å². The van der Waals surface area contributed by atoms with Gasteiger partial charge < -0.3 is 4.74 Å². The molecule has 178 valence electrons. The van der Waals surface area contributed by atoms with Gasteiger partial charge in [0.15, 0.2) is 17.2 Å². The molecule has 1 atom stereocenters. The Morgan fingerprint density at radius 1 is 0.718 bits per heavy atom. The molecule has 3 aliphatic heterocycles. The van der Waals surface area contributed by atoms with Gasteiger partial charge in [-0.25, -0.2) is 9.97 Å². The van der Waals surface area contributed by atoms with Gasteiger partial charge in [0.1, 0.15) is 28.1 Å². The molecule has 0 fully saturated rings. The maximum Gasteiger partial charge on any atom is 0.372 e. The summed E-state index contributed by atoms with van der Waals surface area (Å²) in [5, 5.41) is 2.27. The van der Waals surface area contributed by atoms with Gasteiger partial charge in [-0.1, -0.05) is 30.3 Å². The zero-order chi connectivity index (χ0) is 25.0. The van der Waals surface area contributed by atoms with Gasteiger partial charge in [-0.15, -0.1) is 9.13 Å². The number of rotatable bonds is 0. The van der Waals surface area contributed by atoms with Crippen molar-refractivity contribution in [1.29, 1.82) is 0 Å². The van der Waals surface area contributed by atoms with Crippen LogP contribution in [-0.2, 0) is 5.66 Å². The highest BCUT2D eigenvalue weighted by atomic mass is 16.5. The Kier molecular flexibility index (Phi) is 2.83. The van der Waals surface area contributed by atoms with Crippen molar-refractivity contribution in [2.75, 3.05) is 0 Å². The van der Waals surface area contributed by atoms with Crippen LogP contribution in [0.15, 0.2) is 103 Å². The first kappa shape index (κ1) is 18.8. The minimum atomic E-state index is -0.622. The van der Waals surface area contributed by atoms with Gasteiger partial charge in [0, 0.05) is 17.5 Å². The van der Waals surface area contributed by atoms with Crippen molar-refractivity contribution in [3.63, 3.8) is 0 Å². The van der Waals surface area contributed by atoms with E-state index in [2.05, 4.69) is 92.5 Å². The summed E-state index contributed by atoms with van der Waals surface area (Å²) in [5.74, 6) is 1.79. The molecule has 11 rings (SSSR count). The first-order valence-corrected chi connectivity index (χ1v) is 13.2. The average molecular weight is 500 g/mol. The Morgan fingerprint density at radius 2 is 1.54 bits per heavy atom. The maximum atomic E-state index is 6.70. The fraction of sp³-hybridized carbons (Fsp3) is 0.0303. The number of hydrogen-bond donors (Lipinski definition) is 0. The van der Waals surface area contributed by atoms with E-state index < -0.39 is 5.66 Å². The molecule has 0 radical (unpaired) electrons. The van der Waals surface area contributed by atoms with E-state index in [9.17, 15) is 0 Å². The second-order valence-corrected chi connectivity index (χ2v) is 10.6. The lowest BCUT2D eigenvalue weighted by Crippen LogP contribution is -2.71. The normalized spacial score (nSPS) is 17.5. The van der Waals surface area contributed by atoms with Crippen molar-refractivity contribution in [2.24, 2.45) is 0 Å². The van der Waals surface area contributed by atoms with E-state index in [1.165, 1.54) is 27.8 Å². The molecule has 0 saturated carbocycles. The average Bonchev–Trinajstić information content (AvgIpc) is 3.60. The standard InChI is InChI=1S/C33H17N5O/c1-2-10-21-20(9-1)34-30-19-15-16-26-29-27(19)32-37(31(30)35-21)23-12-3-4-13-24(23)38(32)33(29)28-18(8-7-14-25(28)39-26)22-11-5-6-17-36(22)33/h1-17H/q+2. The zero-order valence-corrected chi connectivity index (χ0v) is 20.5. The Labute approximate surface area is 220 Å². The van der Waals surface area contributed by atoms with Gasteiger partial charge in [-0.05, 0) is 54.6 Å². The van der Waals surface area contributed by atoms with Gasteiger partial charge in [0.05, 0.1) is 22.0 Å². The van der Waals surface area contributed by atoms with Crippen LogP contribution in [0.3, 0.4) is 0 Å². The number of pyridine rings is 2. The van der Waals surface area contributed by atoms with Crippen LogP contribution in [0, 0.1) is 0 Å². The molecule has 1 unspecified atom stereocenters. The quantitative estimate of drug-likeness (QED) is 0.155. The summed E-state index contributed by atoms with van der Waals surface area (Å²) in [5.41, 5.74) is 11.1. The molecule has 0 amide bonds. The molecule has 0 N–H and O–H groups in total. The van der Waals surface area contributed by atoms with E-state index in [1.54, 1.807) is 0 Å². The first-order valence-electron chi connectivity index (χ1n) is 13.2. The topological polar surface area (TPSA) is 47.2 Å². The predicted molar refractivity (Wildman–Crippen MR) is 147 cm³/mol. The molecule has 0 saturated heterocycles. The van der Waals surface area contributed by atoms with Gasteiger partial charge in [0.25, 0.3) is 5.65 Å². The van der Waals surface area contributed by atoms with E-state index in [-0.39, 0.29) is 0 Å². The smallest absolute Gasteiger partial charge is 0.372 e. The minimum absolute atomic E-state index is 0.622. The number of nitrogens with zero attached hydrogens (tertiary/aromatic N) is 5. The molecule has 4 aromatic carbocycles. The van der Waals surface area contributed by atoms with Crippen LogP contribution in [0.2, 0.25) is 0 Å². The van der Waals surface area contributed by atoms with Gasteiger partial charge in [0.2, 0.25) is 5.69 Å². The molecule has 6 nitrogen and oxygen atoms in total. The SMILES string of the molecule is c1cc2c3c(c1)-c1cccc[n+]1C31c3c(ccc4c5nc6ccccc6nc5n5c6ccccc6[n+]1c5c34)O2. The highest BCUT2D eigenvalue weighted by Crippen LogP contribution is 2.57. The lowest BCUT2D eigenvalue weighted by Gasteiger charge is -2.28. The molecule has 8 aromatic rings. The van der Waals surface area contributed by atoms with Crippen LogP contribution in [0.25, 0.3) is 60.9 Å². The summed E-state index contributed by atoms with van der Waals surface area (Å²) in [6.45, 7) is 0. The van der Waals surface area contributed by atoms with Gasteiger partial charge in [-0.3, -0.25) is 0 Å². The molecule has 39 heavy (non-hydrogen) atoms. The molecule has 1 spiro atoms. The highest BCUT2D eigenvalue weighted by molar-refractivity contribution is 6.15. The fourth-order valence-electron chi connectivity index (χ4n) is 7.66. The molecule has 0 aliphatic carbocycles. The van der Waals surface area contributed by atoms with Crippen LogP contribution in [0.1, 0.15) is 11.1 Å². The highest BCUT2D eigenvalue weighted by Gasteiger charge is 2.69. The minimum Gasteiger partial charge on any atom is -0.456 e. The van der Waals surface area contributed by atoms with Crippen LogP contribution in [0.5, 0.6) is 11.5 Å². The van der Waals surface area contributed by atoms with Crippen molar-refractivity contribution in [3.05, 3.63) is 114 Å². The summed E-state index contributed by atoms with van der Waals surface area (Å²) in [4.78, 5) is 10.4. The number of aromatic nitrogens is 5. The molecular weight excluding hydrogens is 482 g/mol. The third-order valence-corrected chi connectivity index (χ3v) is 8.95. The number of hydrogen-bond acceptors (Lipinski definition) is 3. The second kappa shape index (κ2) is 5.87. The molecular formula is C33H17N5O+2. The Hall–Kier alpha value is -5.36. The molecule has 6 heteroatoms. The summed E-state index contributed by atoms with van der Waals surface area (Å²) in [6.07, 6.45) is 2.22. The van der Waals surface area contributed by atoms with E-state index in [0.29, 0.717) is 0 Å². The number of fused-ring (bicyclic) bond motifs is 9. The van der Waals surface area contributed by atoms with Crippen LogP contribution in [-0.4, -0.2) is 14.4 Å². The lowest BCUT2D eigenvalue weighted by molar-refractivity contribution is -0.940. The predicted octanol–water partition coefficient (Wildman–Crippen LogP) is 5.61. The van der Waals surface area contributed by atoms with E-state index >= 15 is 0 Å². The summed E-state index contributed by atoms with van der Waals surface area (Å²) < 4.78 is 14.0. The summed E-state index contributed by atoms with van der Waals surface area (Å²) in [7, 11) is 0. The van der Waals surface area contributed by atoms with Crippen molar-refractivity contribution in [2.45, 2.75) is 5.66 Å². The molecule has 4 aromatic heterocycles. The molecule has 7 heterocycles.